The van der Waals surface area contributed by atoms with Gasteiger partial charge in [-0.15, -0.1) is 0 Å². The standard InChI is InChI=1S/C15H18N2O3/c18-14(13-7-9-20-11-13)6-8-16-15(19)17-10-12-4-2-1-3-5-12/h1-5,7,9,11,14,18H,6,8,10H2,(H2,16,17,19). The molecule has 1 aromatic heterocycles. The highest BCUT2D eigenvalue weighted by Gasteiger charge is 2.09. The summed E-state index contributed by atoms with van der Waals surface area (Å²) < 4.78 is 4.89. The molecule has 5 nitrogen and oxygen atoms in total. The van der Waals surface area contributed by atoms with Crippen LogP contribution in [0.5, 0.6) is 0 Å². The van der Waals surface area contributed by atoms with E-state index >= 15 is 0 Å². The number of nitrogens with one attached hydrogen (secondary N) is 2. The number of carbonyl (C=O) groups excluding carboxylic acids is 1. The maximum absolute atomic E-state index is 11.6. The second-order valence-electron chi connectivity index (χ2n) is 4.46. The molecule has 1 heterocycles. The lowest BCUT2D eigenvalue weighted by Gasteiger charge is -2.10. The molecule has 0 radical (unpaired) electrons. The van der Waals surface area contributed by atoms with E-state index < -0.39 is 6.10 Å². The molecule has 0 aliphatic heterocycles. The second-order valence-corrected chi connectivity index (χ2v) is 4.46. The Morgan fingerprint density at radius 3 is 2.70 bits per heavy atom. The summed E-state index contributed by atoms with van der Waals surface area (Å²) in [7, 11) is 0. The van der Waals surface area contributed by atoms with E-state index in [-0.39, 0.29) is 6.03 Å². The van der Waals surface area contributed by atoms with E-state index in [2.05, 4.69) is 10.6 Å². The van der Waals surface area contributed by atoms with Crippen molar-refractivity contribution >= 4 is 6.03 Å². The minimum Gasteiger partial charge on any atom is -0.472 e. The van der Waals surface area contributed by atoms with Crippen LogP contribution < -0.4 is 10.6 Å². The minimum absolute atomic E-state index is 0.242. The van der Waals surface area contributed by atoms with Crippen molar-refractivity contribution in [2.45, 2.75) is 19.1 Å². The van der Waals surface area contributed by atoms with E-state index in [9.17, 15) is 9.90 Å². The zero-order valence-corrected chi connectivity index (χ0v) is 11.1. The fraction of sp³-hybridized carbons (Fsp3) is 0.267. The molecule has 2 aromatic rings. The Balaban J connectivity index is 1.63. The summed E-state index contributed by atoms with van der Waals surface area (Å²) in [5.41, 5.74) is 1.76. The zero-order valence-electron chi connectivity index (χ0n) is 11.1. The van der Waals surface area contributed by atoms with Crippen molar-refractivity contribution in [2.75, 3.05) is 6.54 Å². The van der Waals surface area contributed by atoms with Gasteiger partial charge in [0.2, 0.25) is 0 Å². The summed E-state index contributed by atoms with van der Waals surface area (Å²) in [5.74, 6) is 0. The molecule has 0 bridgehead atoms. The average Bonchev–Trinajstić information content (AvgIpc) is 3.00. The highest BCUT2D eigenvalue weighted by molar-refractivity contribution is 5.73. The number of furan rings is 1. The predicted octanol–water partition coefficient (Wildman–Crippen LogP) is 2.20. The van der Waals surface area contributed by atoms with Gasteiger partial charge < -0.3 is 20.2 Å². The van der Waals surface area contributed by atoms with Gasteiger partial charge in [0.15, 0.2) is 0 Å². The summed E-state index contributed by atoms with van der Waals surface area (Å²) >= 11 is 0. The maximum atomic E-state index is 11.6. The van der Waals surface area contributed by atoms with E-state index in [0.717, 1.165) is 11.1 Å². The van der Waals surface area contributed by atoms with Crippen molar-refractivity contribution in [3.8, 4) is 0 Å². The van der Waals surface area contributed by atoms with Crippen molar-refractivity contribution in [3.05, 3.63) is 60.1 Å². The first kappa shape index (κ1) is 14.1. The van der Waals surface area contributed by atoms with E-state index in [0.29, 0.717) is 19.5 Å². The first-order valence-corrected chi connectivity index (χ1v) is 6.51. The molecule has 106 valence electrons. The Kier molecular flexibility index (Phi) is 5.20. The van der Waals surface area contributed by atoms with Crippen molar-refractivity contribution in [2.24, 2.45) is 0 Å². The molecule has 0 aliphatic carbocycles. The van der Waals surface area contributed by atoms with Crippen LogP contribution in [0.25, 0.3) is 0 Å². The first-order chi connectivity index (χ1) is 9.75. The van der Waals surface area contributed by atoms with Gasteiger partial charge in [-0.25, -0.2) is 4.79 Å². The maximum Gasteiger partial charge on any atom is 0.315 e. The zero-order chi connectivity index (χ0) is 14.2. The molecular formula is C15H18N2O3. The fourth-order valence-electron chi connectivity index (χ4n) is 1.79. The van der Waals surface area contributed by atoms with Crippen LogP contribution in [0.3, 0.4) is 0 Å². The van der Waals surface area contributed by atoms with Gasteiger partial charge in [-0.2, -0.15) is 0 Å². The SMILES string of the molecule is O=C(NCCC(O)c1ccoc1)NCc1ccccc1. The Morgan fingerprint density at radius 2 is 2.00 bits per heavy atom. The number of urea groups is 1. The van der Waals surface area contributed by atoms with Crippen LogP contribution in [0.15, 0.2) is 53.3 Å². The van der Waals surface area contributed by atoms with E-state index in [1.165, 1.54) is 12.5 Å². The summed E-state index contributed by atoms with van der Waals surface area (Å²) in [6.07, 6.45) is 2.83. The third-order valence-electron chi connectivity index (χ3n) is 2.93. The number of aliphatic hydroxyl groups is 1. The lowest BCUT2D eigenvalue weighted by molar-refractivity contribution is 0.166. The minimum atomic E-state index is -0.622. The van der Waals surface area contributed by atoms with Gasteiger partial charge in [0.05, 0.1) is 18.6 Å². The van der Waals surface area contributed by atoms with Gasteiger partial charge in [0.25, 0.3) is 0 Å². The lowest BCUT2D eigenvalue weighted by atomic mass is 10.1. The molecule has 2 rings (SSSR count). The molecule has 0 fully saturated rings. The molecule has 0 spiro atoms. The van der Waals surface area contributed by atoms with E-state index in [1.54, 1.807) is 6.07 Å². The molecular weight excluding hydrogens is 256 g/mol. The molecule has 3 N–H and O–H groups in total. The summed E-state index contributed by atoms with van der Waals surface area (Å²) in [6.45, 7) is 0.879. The molecule has 5 heteroatoms. The Bertz CT molecular complexity index is 511. The number of benzene rings is 1. The average molecular weight is 274 g/mol. The summed E-state index contributed by atoms with van der Waals surface area (Å²) in [5, 5.41) is 15.3. The Hall–Kier alpha value is -2.27. The molecule has 2 amide bonds. The lowest BCUT2D eigenvalue weighted by Crippen LogP contribution is -2.36. The number of rotatable bonds is 6. The second kappa shape index (κ2) is 7.35. The quantitative estimate of drug-likeness (QED) is 0.756. The van der Waals surface area contributed by atoms with Crippen LogP contribution >= 0.6 is 0 Å². The van der Waals surface area contributed by atoms with Gasteiger partial charge in [-0.1, -0.05) is 30.3 Å². The van der Waals surface area contributed by atoms with Crippen LogP contribution in [0, 0.1) is 0 Å². The molecule has 20 heavy (non-hydrogen) atoms. The third kappa shape index (κ3) is 4.44. The molecule has 1 unspecified atom stereocenters. The fourth-order valence-corrected chi connectivity index (χ4v) is 1.79. The Morgan fingerprint density at radius 1 is 1.20 bits per heavy atom. The number of hydrogen-bond donors (Lipinski definition) is 3. The predicted molar refractivity (Wildman–Crippen MR) is 75.0 cm³/mol. The van der Waals surface area contributed by atoms with Crippen LogP contribution in [-0.2, 0) is 6.54 Å². The smallest absolute Gasteiger partial charge is 0.315 e. The largest absolute Gasteiger partial charge is 0.472 e. The molecule has 0 aliphatic rings. The van der Waals surface area contributed by atoms with Crippen LogP contribution in [0.4, 0.5) is 4.79 Å². The topological polar surface area (TPSA) is 74.5 Å². The highest BCUT2D eigenvalue weighted by atomic mass is 16.3. The number of hydrogen-bond acceptors (Lipinski definition) is 3. The summed E-state index contributed by atoms with van der Waals surface area (Å²) in [4.78, 5) is 11.6. The van der Waals surface area contributed by atoms with Crippen molar-refractivity contribution in [1.82, 2.24) is 10.6 Å². The van der Waals surface area contributed by atoms with Gasteiger partial charge in [-0.3, -0.25) is 0 Å². The van der Waals surface area contributed by atoms with E-state index in [4.69, 9.17) is 4.42 Å². The van der Waals surface area contributed by atoms with E-state index in [1.807, 2.05) is 30.3 Å². The first-order valence-electron chi connectivity index (χ1n) is 6.51. The normalized spacial score (nSPS) is 11.8. The molecule has 0 saturated heterocycles. The van der Waals surface area contributed by atoms with Crippen LogP contribution in [-0.4, -0.2) is 17.7 Å². The van der Waals surface area contributed by atoms with Gasteiger partial charge in [0, 0.05) is 18.7 Å². The van der Waals surface area contributed by atoms with Gasteiger partial charge in [-0.05, 0) is 18.1 Å². The van der Waals surface area contributed by atoms with Crippen LogP contribution in [0.1, 0.15) is 23.7 Å². The van der Waals surface area contributed by atoms with Crippen LogP contribution in [0.2, 0.25) is 0 Å². The van der Waals surface area contributed by atoms with Crippen molar-refractivity contribution in [1.29, 1.82) is 0 Å². The molecule has 1 atom stereocenters. The monoisotopic (exact) mass is 274 g/mol. The number of carbonyl (C=O) groups is 1. The van der Waals surface area contributed by atoms with Gasteiger partial charge in [0.1, 0.15) is 0 Å². The molecule has 0 saturated carbocycles. The third-order valence-corrected chi connectivity index (χ3v) is 2.93. The number of aliphatic hydroxyl groups excluding tert-OH is 1. The highest BCUT2D eigenvalue weighted by Crippen LogP contribution is 2.15. The van der Waals surface area contributed by atoms with Gasteiger partial charge >= 0.3 is 6.03 Å². The molecule has 1 aromatic carbocycles. The number of amides is 2. The summed E-state index contributed by atoms with van der Waals surface area (Å²) in [6, 6.07) is 11.1. The van der Waals surface area contributed by atoms with Crippen molar-refractivity contribution in [3.63, 3.8) is 0 Å². The van der Waals surface area contributed by atoms with Crippen molar-refractivity contribution < 1.29 is 14.3 Å². The Labute approximate surface area is 117 Å².